The van der Waals surface area contributed by atoms with Gasteiger partial charge in [0.05, 0.1) is 13.2 Å². The van der Waals surface area contributed by atoms with Crippen molar-refractivity contribution in [3.8, 4) is 11.5 Å². The van der Waals surface area contributed by atoms with E-state index >= 15 is 0 Å². The summed E-state index contributed by atoms with van der Waals surface area (Å²) in [6, 6.07) is 22.8. The Bertz CT molecular complexity index is 8220. The number of hydrogen-bond acceptors (Lipinski definition) is 11. The first-order chi connectivity index (χ1) is 63.9. The van der Waals surface area contributed by atoms with Gasteiger partial charge in [0.25, 0.3) is 0 Å². The number of ether oxygens (including phenoxy) is 2. The largest absolute Gasteiger partial charge is 0.494 e. The lowest BCUT2D eigenvalue weighted by molar-refractivity contribution is -0.137. The number of hydrogen-bond donors (Lipinski definition) is 3. The first kappa shape index (κ1) is 144. The minimum absolute atomic E-state index is 0.0449. The molecule has 0 bridgehead atoms. The quantitative estimate of drug-likeness (QED) is 0.0981. The van der Waals surface area contributed by atoms with Crippen molar-refractivity contribution in [3.05, 3.63) is 106 Å². The SMILES string of the molecule is Cc1cc(N)ccn1.Cc1cc(NC(=O)CCCCCOc2cccc(Br)c2)ccn1.O=C(O)CCCCCOc1cccc(Br)c1.S=S=S=S=S=S=S=S=S=S=S=S=S=S=S=S=S=S=S=S=S=S=S=S=S=S=S=S=S=S=S=S=S=S=S=S=S=S.S=S=S=S=S=S=S=S=S=S=S=S=S=S=S=S=S=S=S=S=S=S=S=S=S=S=S=S=S=S=S=S=S=S=S=S=S=S=S=S=S=S=S=S=S. The number of halogens is 2. The van der Waals surface area contributed by atoms with E-state index in [2.05, 4.69) is 47.1 Å². The zero-order chi connectivity index (χ0) is 94.1. The number of carbonyl (C=O) groups is 2. The molecule has 0 aliphatic rings. The molecule has 0 fully saturated rings. The zero-order valence-electron chi connectivity index (χ0n) is 60.8. The van der Waals surface area contributed by atoms with Crippen LogP contribution in [0.1, 0.15) is 62.8 Å². The number of carboxylic acids is 1. The molecular weight excluding hydrogens is 3390 g/mol. The maximum Gasteiger partial charge on any atom is 0.303 e. The van der Waals surface area contributed by atoms with Gasteiger partial charge < -0.3 is 25.6 Å². The van der Waals surface area contributed by atoms with Crippen LogP contribution < -0.4 is 20.5 Å². The lowest BCUT2D eigenvalue weighted by atomic mass is 10.2. The van der Waals surface area contributed by atoms with Crippen molar-refractivity contribution in [1.82, 2.24) is 9.97 Å². The lowest BCUT2D eigenvalue weighted by Crippen LogP contribution is -2.11. The van der Waals surface area contributed by atoms with Gasteiger partial charge >= 0.3 is 5.97 Å². The number of aryl methyl sites for hydroxylation is 2. The smallest absolute Gasteiger partial charge is 0.303 e. The molecule has 0 radical (unpaired) electrons. The molecule has 0 atom stereocenters. The number of unbranched alkanes of at least 4 members (excludes halogenated alkanes) is 4. The molecule has 94 heteroatoms. The molecule has 2 aromatic carbocycles. The molecule has 4 N–H and O–H groups in total. The summed E-state index contributed by atoms with van der Waals surface area (Å²) in [4.78, 5) is 30.2. The molecule has 130 heavy (non-hydrogen) atoms. The Hall–Kier alpha value is 14.3. The number of benzene rings is 2. The fourth-order valence-electron chi connectivity index (χ4n) is 4.88. The van der Waals surface area contributed by atoms with Crippen molar-refractivity contribution in [1.29, 1.82) is 0 Å². The molecule has 1 amide bonds. The van der Waals surface area contributed by atoms with Crippen LogP contribution in [0.2, 0.25) is 0 Å². The Morgan fingerprint density at radius 1 is 0.300 bits per heavy atom. The number of carboxylic acid groups (broad SMARTS) is 1. The van der Waals surface area contributed by atoms with Crippen LogP contribution in [0, 0.1) is 13.8 Å². The highest BCUT2D eigenvalue weighted by atomic mass is 79.9. The van der Waals surface area contributed by atoms with E-state index in [1.54, 1.807) is 238 Å². The third-order valence-corrected chi connectivity index (χ3v) is 181. The summed E-state index contributed by atoms with van der Waals surface area (Å²) in [6.45, 7) is 5.12. The highest BCUT2D eigenvalue weighted by Crippen LogP contribution is 2.19. The number of pyridine rings is 2. The number of aromatic nitrogens is 2. The topological polar surface area (TPSA) is 137 Å². The number of nitrogens with zero attached hydrogens (tertiary/aromatic N) is 2. The van der Waals surface area contributed by atoms with Gasteiger partial charge in [-0.15, -0.1) is 0 Å². The molecular formula is C36H44Br2N4O5S83. The Morgan fingerprint density at radius 2 is 0.515 bits per heavy atom. The average Bonchev–Trinajstić information content (AvgIpc) is 0.951. The third kappa shape index (κ3) is 121. The molecule has 0 aliphatic carbocycles. The van der Waals surface area contributed by atoms with Crippen LogP contribution in [0.4, 0.5) is 11.4 Å². The zero-order valence-corrected chi connectivity index (χ0v) is 132. The van der Waals surface area contributed by atoms with E-state index in [9.17, 15) is 9.59 Å². The van der Waals surface area contributed by atoms with Gasteiger partial charge in [-0.1, -0.05) is 44.0 Å². The van der Waals surface area contributed by atoms with Gasteiger partial charge in [-0.25, -0.2) is 0 Å². The van der Waals surface area contributed by atoms with Crippen molar-refractivity contribution in [3.63, 3.8) is 0 Å². The summed E-state index contributed by atoms with van der Waals surface area (Å²) in [5, 5.41) is 11.3. The van der Waals surface area contributed by atoms with Crippen LogP contribution in [-0.4, -0.2) is 40.2 Å². The van der Waals surface area contributed by atoms with Gasteiger partial charge in [0.15, 0.2) is 0 Å². The van der Waals surface area contributed by atoms with E-state index in [1.807, 2.05) is 527 Å². The van der Waals surface area contributed by atoms with E-state index in [4.69, 9.17) is 65.1 Å². The fourth-order valence-corrected chi connectivity index (χ4v) is 211. The minimum Gasteiger partial charge on any atom is -0.494 e. The van der Waals surface area contributed by atoms with Gasteiger partial charge in [0.1, 0.15) is 11.5 Å². The molecule has 4 rings (SSSR count). The standard InChI is InChI=1S/C18H21BrN2O2.C12H15BrO3.C6H8N2.S45.S38/c1-14-12-16(9-10-20-14)21-18(22)8-3-2-4-11-23-17-7-5-6-15(19)13-17;13-10-5-4-6-11(9-10)16-8-3-1-2-7-12(14)15;1-5-4-6(7)2-3-8-5;1-3-5-7-9-11-13-15-17-19-21-23-25-27-29-31-33-35-37-39-41-43-45-44-42-40-38-36-34-32-30-28-26-24-22-20-18-16-14-12-10-8-6-4-2;1-3-5-7-9-11-13-15-17-19-21-23-25-27-29-31-33-35-37-38-36-34-32-30-28-26-24-22-20-18-16-14-12-10-8-6-4-2/h5-7,9-10,12-13H,2-4,8,11H2,1H3,(H,20,21,22);4-6,9H,1-3,7-8H2,(H,14,15);2-4H,1H3,(H2,7,8);;. The van der Waals surface area contributed by atoms with Crippen LogP contribution in [0.15, 0.2) is 94.1 Å². The first-order valence-electron chi connectivity index (χ1n) is 29.0. The number of aliphatic carboxylic acids is 1. The van der Waals surface area contributed by atoms with Crippen molar-refractivity contribution in [2.75, 3.05) is 24.3 Å². The monoisotopic (exact) mass is 3420 g/mol. The third-order valence-electron chi connectivity index (χ3n) is 8.45. The number of anilines is 2. The van der Waals surface area contributed by atoms with E-state index in [1.165, 1.54) is 35.5 Å². The molecule has 2 heterocycles. The molecule has 9 nitrogen and oxygen atoms in total. The maximum absolute atomic E-state index is 11.8. The number of amides is 1. The van der Waals surface area contributed by atoms with Gasteiger partial charge in [0, 0.05) is 803 Å². The summed E-state index contributed by atoms with van der Waals surface area (Å²) >= 11 is 26.0. The number of nitrogen functional groups attached to an aromatic ring is 1. The van der Waals surface area contributed by atoms with Crippen LogP contribution >= 0.6 is 31.9 Å². The van der Waals surface area contributed by atoms with E-state index in [-0.39, 0.29) is 12.3 Å². The normalized spacial score (nSPS) is 8.55. The molecule has 0 spiro atoms. The van der Waals surface area contributed by atoms with Crippen LogP contribution in [0.5, 0.6) is 11.5 Å². The van der Waals surface area contributed by atoms with Crippen molar-refractivity contribution < 1.29 is 24.2 Å². The number of nitrogens with one attached hydrogen (secondary N) is 1. The Labute approximate surface area is 1020 Å². The number of rotatable bonds is 15. The number of nitrogens with two attached hydrogens (primary N) is 1. The average molecular weight is 3430 g/mol. The van der Waals surface area contributed by atoms with Crippen LogP contribution in [0.3, 0.4) is 0 Å². The van der Waals surface area contributed by atoms with E-state index < -0.39 is 5.97 Å². The maximum atomic E-state index is 11.8. The van der Waals surface area contributed by atoms with Crippen molar-refractivity contribution in [2.45, 2.75) is 65.2 Å². The second kappa shape index (κ2) is 125. The summed E-state index contributed by atoms with van der Waals surface area (Å²) in [5.74, 6) is 1.02. The molecule has 2 aromatic heterocycles. The van der Waals surface area contributed by atoms with Crippen LogP contribution in [0.25, 0.3) is 0 Å². The highest BCUT2D eigenvalue weighted by molar-refractivity contribution is 9.11. The van der Waals surface area contributed by atoms with Gasteiger partial charge in [-0.2, -0.15) is 0 Å². The molecule has 750 valence electrons. The number of carbonyl (C=O) groups excluding carboxylic acids is 1. The predicted molar refractivity (Wildman–Crippen MR) is 806 cm³/mol. The predicted octanol–water partition coefficient (Wildman–Crippen LogP) is 8.98. The second-order valence-corrected chi connectivity index (χ2v) is 158. The summed E-state index contributed by atoms with van der Waals surface area (Å²) in [7, 11) is 140. The minimum atomic E-state index is -0.729. The molecule has 0 aliphatic heterocycles. The molecule has 0 unspecified atom stereocenters. The van der Waals surface area contributed by atoms with Gasteiger partial charge in [0.2, 0.25) is 5.91 Å². The second-order valence-electron chi connectivity index (χ2n) is 16.0. The summed E-state index contributed by atoms with van der Waals surface area (Å²) in [5.41, 5.74) is 8.86. The highest BCUT2D eigenvalue weighted by Gasteiger charge is 2.04. The Morgan fingerprint density at radius 3 is 0.708 bits per heavy atom. The summed E-state index contributed by atoms with van der Waals surface area (Å²) < 4.78 is 13.2. The van der Waals surface area contributed by atoms with E-state index in [0.717, 1.165) is 81.7 Å². The van der Waals surface area contributed by atoms with Crippen LogP contribution in [-0.2, 0) is 756 Å². The summed E-state index contributed by atoms with van der Waals surface area (Å²) in [6.07, 6.45) is 9.43. The van der Waals surface area contributed by atoms with E-state index in [0.29, 0.717) is 19.6 Å². The lowest BCUT2D eigenvalue weighted by Gasteiger charge is -2.07. The van der Waals surface area contributed by atoms with Crippen molar-refractivity contribution >= 4 is 801 Å². The Balaban J connectivity index is 0.00000174. The molecule has 0 saturated carbocycles. The first-order valence-corrected chi connectivity index (χ1v) is 139. The van der Waals surface area contributed by atoms with Gasteiger partial charge in [-0.05, 0) is 113 Å². The fraction of sp³-hybridized carbons (Fsp3) is 0.333. The molecule has 4 aromatic rings. The Kier molecular flexibility index (Phi) is 139. The molecule has 0 saturated heterocycles. The van der Waals surface area contributed by atoms with Gasteiger partial charge in [-0.3, -0.25) is 19.6 Å². The van der Waals surface area contributed by atoms with Crippen molar-refractivity contribution in [2.24, 2.45) is 0 Å².